The van der Waals surface area contributed by atoms with Gasteiger partial charge in [0.15, 0.2) is 0 Å². The number of rotatable bonds is 12. The highest BCUT2D eigenvalue weighted by atomic mass is 35.5. The molecule has 4 rings (SSSR count). The van der Waals surface area contributed by atoms with Crippen molar-refractivity contribution in [3.05, 3.63) is 94.5 Å². The lowest BCUT2D eigenvalue weighted by atomic mass is 9.94. The van der Waals surface area contributed by atoms with Gasteiger partial charge in [-0.3, -0.25) is 13.9 Å². The van der Waals surface area contributed by atoms with Gasteiger partial charge in [0.1, 0.15) is 18.3 Å². The first-order chi connectivity index (χ1) is 20.5. The van der Waals surface area contributed by atoms with E-state index in [0.29, 0.717) is 22.0 Å². The quantitative estimate of drug-likeness (QED) is 0.286. The molecule has 2 amide bonds. The van der Waals surface area contributed by atoms with E-state index < -0.39 is 28.5 Å². The molecule has 1 N–H and O–H groups in total. The van der Waals surface area contributed by atoms with Crippen LogP contribution in [0.2, 0.25) is 5.02 Å². The van der Waals surface area contributed by atoms with E-state index in [1.807, 2.05) is 48.5 Å². The highest BCUT2D eigenvalue weighted by Crippen LogP contribution is 2.27. The zero-order chi connectivity index (χ0) is 31.0. The van der Waals surface area contributed by atoms with Gasteiger partial charge in [-0.2, -0.15) is 0 Å². The number of methoxy groups -OCH3 is 1. The smallest absolute Gasteiger partial charge is 0.244 e. The van der Waals surface area contributed by atoms with Crippen molar-refractivity contribution in [2.75, 3.05) is 24.2 Å². The van der Waals surface area contributed by atoms with Crippen LogP contribution in [0.4, 0.5) is 5.69 Å². The number of sulfonamides is 1. The maximum Gasteiger partial charge on any atom is 0.244 e. The zero-order valence-electron chi connectivity index (χ0n) is 25.0. The molecular weight excluding hydrogens is 586 g/mol. The van der Waals surface area contributed by atoms with Gasteiger partial charge in [0, 0.05) is 24.0 Å². The lowest BCUT2D eigenvalue weighted by Gasteiger charge is -2.35. The normalized spacial score (nSPS) is 14.5. The van der Waals surface area contributed by atoms with E-state index in [9.17, 15) is 18.0 Å². The molecule has 1 fully saturated rings. The van der Waals surface area contributed by atoms with E-state index in [2.05, 4.69) is 5.32 Å². The van der Waals surface area contributed by atoms with Gasteiger partial charge in [0.05, 0.1) is 19.1 Å². The fourth-order valence-corrected chi connectivity index (χ4v) is 6.58. The standard InChI is InChI=1S/C33H40ClN3O5S/c1-24-17-18-27(34)21-30(24)37(43(3,40)41)23-32(38)36(22-26-13-10-16-29(19-26)42-2)31(20-25-11-6-4-7-12-25)33(39)35-28-14-8-5-9-15-28/h4,6-7,10-13,16-19,21,28,31H,5,8-9,14-15,20,22-23H2,1-3H3,(H,35,39). The van der Waals surface area contributed by atoms with Crippen molar-refractivity contribution < 1.29 is 22.7 Å². The molecule has 3 aromatic rings. The molecule has 0 radical (unpaired) electrons. The van der Waals surface area contributed by atoms with Crippen molar-refractivity contribution in [3.63, 3.8) is 0 Å². The molecule has 0 aliphatic heterocycles. The number of ether oxygens (including phenoxy) is 1. The van der Waals surface area contributed by atoms with Crippen LogP contribution in [0.25, 0.3) is 0 Å². The average Bonchev–Trinajstić information content (AvgIpc) is 2.99. The van der Waals surface area contributed by atoms with Crippen molar-refractivity contribution in [1.29, 1.82) is 0 Å². The van der Waals surface area contributed by atoms with Gasteiger partial charge in [-0.25, -0.2) is 8.42 Å². The second kappa shape index (κ2) is 14.8. The molecule has 0 aromatic heterocycles. The lowest BCUT2D eigenvalue weighted by Crippen LogP contribution is -2.55. The first kappa shape index (κ1) is 32.4. The number of hydrogen-bond acceptors (Lipinski definition) is 5. The Morgan fingerprint density at radius 2 is 1.67 bits per heavy atom. The number of anilines is 1. The van der Waals surface area contributed by atoms with Crippen LogP contribution in [0.3, 0.4) is 0 Å². The Balaban J connectivity index is 1.75. The van der Waals surface area contributed by atoms with Crippen LogP contribution >= 0.6 is 11.6 Å². The molecule has 230 valence electrons. The summed E-state index contributed by atoms with van der Waals surface area (Å²) >= 11 is 6.24. The second-order valence-corrected chi connectivity index (χ2v) is 13.5. The molecule has 1 atom stereocenters. The van der Waals surface area contributed by atoms with E-state index in [0.717, 1.165) is 53.8 Å². The summed E-state index contributed by atoms with van der Waals surface area (Å²) in [5, 5.41) is 3.56. The molecule has 0 heterocycles. The fraction of sp³-hybridized carbons (Fsp3) is 0.394. The van der Waals surface area contributed by atoms with Gasteiger partial charge in [0.2, 0.25) is 21.8 Å². The highest BCUT2D eigenvalue weighted by molar-refractivity contribution is 7.92. The largest absolute Gasteiger partial charge is 0.497 e. The number of nitrogens with one attached hydrogen (secondary N) is 1. The van der Waals surface area contributed by atoms with Crippen molar-refractivity contribution in [2.24, 2.45) is 0 Å². The molecule has 0 saturated heterocycles. The highest BCUT2D eigenvalue weighted by Gasteiger charge is 2.34. The lowest BCUT2D eigenvalue weighted by molar-refractivity contribution is -0.140. The summed E-state index contributed by atoms with van der Waals surface area (Å²) in [6, 6.07) is 20.9. The third kappa shape index (κ3) is 8.97. The molecular formula is C33H40ClN3O5S. The number of nitrogens with zero attached hydrogens (tertiary/aromatic N) is 2. The molecule has 1 saturated carbocycles. The van der Waals surface area contributed by atoms with Gasteiger partial charge in [0.25, 0.3) is 0 Å². The first-order valence-electron chi connectivity index (χ1n) is 14.6. The summed E-state index contributed by atoms with van der Waals surface area (Å²) in [6.07, 6.45) is 6.35. The van der Waals surface area contributed by atoms with Gasteiger partial charge in [-0.15, -0.1) is 0 Å². The molecule has 0 spiro atoms. The summed E-state index contributed by atoms with van der Waals surface area (Å²) in [7, 11) is -2.33. The minimum atomic E-state index is -3.89. The van der Waals surface area contributed by atoms with E-state index in [1.165, 1.54) is 11.0 Å². The molecule has 3 aromatic carbocycles. The second-order valence-electron chi connectivity index (χ2n) is 11.1. The Morgan fingerprint density at radius 3 is 2.35 bits per heavy atom. The number of aryl methyl sites for hydroxylation is 1. The number of carbonyl (C=O) groups excluding carboxylic acids is 2. The van der Waals surface area contributed by atoms with Crippen LogP contribution in [0, 0.1) is 6.92 Å². The van der Waals surface area contributed by atoms with Crippen LogP contribution in [0.1, 0.15) is 48.8 Å². The predicted molar refractivity (Wildman–Crippen MR) is 171 cm³/mol. The van der Waals surface area contributed by atoms with Crippen LogP contribution in [0.15, 0.2) is 72.8 Å². The molecule has 0 bridgehead atoms. The van der Waals surface area contributed by atoms with Crippen LogP contribution < -0.4 is 14.4 Å². The van der Waals surface area contributed by atoms with Crippen molar-refractivity contribution in [3.8, 4) is 5.75 Å². The van der Waals surface area contributed by atoms with E-state index >= 15 is 0 Å². The van der Waals surface area contributed by atoms with Gasteiger partial charge in [-0.05, 0) is 60.7 Å². The number of hydrogen-bond donors (Lipinski definition) is 1. The summed E-state index contributed by atoms with van der Waals surface area (Å²) in [6.45, 7) is 1.35. The summed E-state index contributed by atoms with van der Waals surface area (Å²) in [4.78, 5) is 29.9. The topological polar surface area (TPSA) is 96.0 Å². The Labute approximate surface area is 260 Å². The van der Waals surface area contributed by atoms with Crippen LogP contribution in [-0.2, 0) is 32.6 Å². The number of benzene rings is 3. The fourth-order valence-electron chi connectivity index (χ4n) is 5.51. The zero-order valence-corrected chi connectivity index (χ0v) is 26.5. The van der Waals surface area contributed by atoms with Gasteiger partial charge in [-0.1, -0.05) is 79.4 Å². The SMILES string of the molecule is COc1cccc(CN(C(=O)CN(c2cc(Cl)ccc2C)S(C)(=O)=O)C(Cc2ccccc2)C(=O)NC2CCCCC2)c1. The Bertz CT molecular complexity index is 1510. The van der Waals surface area contributed by atoms with Crippen LogP contribution in [0.5, 0.6) is 5.75 Å². The summed E-state index contributed by atoms with van der Waals surface area (Å²) < 4.78 is 32.6. The number of amides is 2. The van der Waals surface area contributed by atoms with E-state index in [4.69, 9.17) is 16.3 Å². The third-order valence-corrected chi connectivity index (χ3v) is 9.19. The molecule has 1 aliphatic carbocycles. The van der Waals surface area contributed by atoms with E-state index in [-0.39, 0.29) is 24.9 Å². The monoisotopic (exact) mass is 625 g/mol. The summed E-state index contributed by atoms with van der Waals surface area (Å²) in [5.41, 5.74) is 2.61. The molecule has 8 nitrogen and oxygen atoms in total. The van der Waals surface area contributed by atoms with Crippen LogP contribution in [-0.4, -0.2) is 57.1 Å². The van der Waals surface area contributed by atoms with Gasteiger partial charge < -0.3 is 15.0 Å². The van der Waals surface area contributed by atoms with Gasteiger partial charge >= 0.3 is 0 Å². The number of halogens is 1. The maximum absolute atomic E-state index is 14.3. The van der Waals surface area contributed by atoms with Crippen molar-refractivity contribution in [2.45, 2.75) is 64.1 Å². The van der Waals surface area contributed by atoms with E-state index in [1.54, 1.807) is 32.2 Å². The summed E-state index contributed by atoms with van der Waals surface area (Å²) in [5.74, 6) is -0.146. The minimum absolute atomic E-state index is 0.0370. The molecule has 43 heavy (non-hydrogen) atoms. The molecule has 1 aliphatic rings. The Hall–Kier alpha value is -3.56. The Morgan fingerprint density at radius 1 is 0.977 bits per heavy atom. The Kier molecular flexibility index (Phi) is 11.1. The number of carbonyl (C=O) groups is 2. The third-order valence-electron chi connectivity index (χ3n) is 7.83. The van der Waals surface area contributed by atoms with Crippen molar-refractivity contribution in [1.82, 2.24) is 10.2 Å². The molecule has 1 unspecified atom stereocenters. The van der Waals surface area contributed by atoms with Crippen molar-refractivity contribution >= 4 is 39.1 Å². The maximum atomic E-state index is 14.3. The average molecular weight is 626 g/mol. The predicted octanol–water partition coefficient (Wildman–Crippen LogP) is 5.51. The first-order valence-corrected chi connectivity index (χ1v) is 16.8. The molecule has 10 heteroatoms. The minimum Gasteiger partial charge on any atom is -0.497 e.